The zero-order chi connectivity index (χ0) is 57.0. The highest BCUT2D eigenvalue weighted by atomic mass is 33.1. The molecule has 3 heterocycles. The zero-order valence-electron chi connectivity index (χ0n) is 46.7. The van der Waals surface area contributed by atoms with Crippen LogP contribution in [0.3, 0.4) is 0 Å². The number of nitrogens with one attached hydrogen (secondary N) is 1. The van der Waals surface area contributed by atoms with Crippen LogP contribution < -0.4 is 16.2 Å². The van der Waals surface area contributed by atoms with Crippen LogP contribution in [0, 0.1) is 46.8 Å². The summed E-state index contributed by atoms with van der Waals surface area (Å²) in [6.45, 7) is 0.285. The maximum Gasteiger partial charge on any atom is 0.165 e. The SMILES string of the molecule is NC(N)c1cc2c3cc1CSSCC1CC4(C=CC(=O)CCc5ccc(O)c(c5)OCCc5ccc(O)c(c5)C3CC(=O)c3cc[nH]c3CC#C2)CCC(CC(O)C2CCCC2)C2Cc3ccccc3C(CO)C(CSSCC1(O)C4)C2. The molecule has 5 aromatic rings. The van der Waals surface area contributed by atoms with E-state index in [4.69, 9.17) is 16.2 Å². The fraction of sp³-hybridized carbons (Fsp3) is 0.493. The van der Waals surface area contributed by atoms with Gasteiger partial charge in [0.05, 0.1) is 37.5 Å². The molecule has 15 heteroatoms. The topological polar surface area (TPSA) is 212 Å². The molecule has 82 heavy (non-hydrogen) atoms. The van der Waals surface area contributed by atoms with E-state index in [2.05, 4.69) is 53.2 Å². The van der Waals surface area contributed by atoms with E-state index in [1.54, 1.807) is 68.9 Å². The highest BCUT2D eigenvalue weighted by Gasteiger charge is 2.53. The number of aromatic amines is 1. The van der Waals surface area contributed by atoms with E-state index in [-0.39, 0.29) is 78.7 Å². The summed E-state index contributed by atoms with van der Waals surface area (Å²) in [5.41, 5.74) is 20.9. The van der Waals surface area contributed by atoms with Crippen molar-refractivity contribution < 1.29 is 39.9 Å². The van der Waals surface area contributed by atoms with Gasteiger partial charge < -0.3 is 46.7 Å². The first-order valence-corrected chi connectivity index (χ1v) is 34.7. The van der Waals surface area contributed by atoms with E-state index in [0.29, 0.717) is 77.7 Å². The van der Waals surface area contributed by atoms with Crippen LogP contribution in [0.1, 0.15) is 161 Å². The number of phenols is 2. The number of allylic oxidation sites excluding steroid dienone is 2. The van der Waals surface area contributed by atoms with Crippen LogP contribution in [0.5, 0.6) is 17.2 Å². The Morgan fingerprint density at radius 2 is 1.62 bits per heavy atom. The van der Waals surface area contributed by atoms with Crippen molar-refractivity contribution >= 4 is 54.7 Å². The van der Waals surface area contributed by atoms with Crippen LogP contribution in [0.25, 0.3) is 0 Å². The number of aliphatic hydroxyl groups excluding tert-OH is 2. The average Bonchev–Trinajstić information content (AvgIpc) is 4.35. The first kappa shape index (κ1) is 59.1. The van der Waals surface area contributed by atoms with Crippen LogP contribution in [0.15, 0.2) is 97.2 Å². The van der Waals surface area contributed by atoms with Crippen molar-refractivity contribution in [2.75, 3.05) is 30.5 Å². The number of ketones is 2. The van der Waals surface area contributed by atoms with Gasteiger partial charge in [0.1, 0.15) is 5.75 Å². The van der Waals surface area contributed by atoms with Gasteiger partial charge in [-0.25, -0.2) is 0 Å². The van der Waals surface area contributed by atoms with E-state index in [0.717, 1.165) is 97.1 Å². The third-order valence-electron chi connectivity index (χ3n) is 19.3. The molecule has 0 amide bonds. The number of hydrogen-bond acceptors (Lipinski definition) is 14. The number of Topliss-reactive ketones (excluding diaryl/α,β-unsaturated/α-hetero) is 1. The van der Waals surface area contributed by atoms with Gasteiger partial charge in [0.25, 0.3) is 0 Å². The van der Waals surface area contributed by atoms with Gasteiger partial charge in [0.15, 0.2) is 23.1 Å². The summed E-state index contributed by atoms with van der Waals surface area (Å²) in [5.74, 6) is 9.81. The number of benzene rings is 4. The Morgan fingerprint density at radius 1 is 0.817 bits per heavy atom. The van der Waals surface area contributed by atoms with Crippen LogP contribution in [0.2, 0.25) is 0 Å². The molecule has 1 saturated heterocycles. The zero-order valence-corrected chi connectivity index (χ0v) is 50.0. The van der Waals surface area contributed by atoms with E-state index in [1.165, 1.54) is 11.1 Å². The summed E-state index contributed by atoms with van der Waals surface area (Å²) in [5, 5.41) is 59.4. The summed E-state index contributed by atoms with van der Waals surface area (Å²) in [7, 11) is 6.95. The monoisotopic (exact) mass is 1180 g/mol. The molecule has 6 aliphatic rings. The molecule has 11 rings (SSSR count). The maximum atomic E-state index is 14.4. The van der Waals surface area contributed by atoms with Crippen molar-refractivity contribution in [2.45, 2.75) is 138 Å². The number of aryl methyl sites for hydroxylation is 1. The minimum absolute atomic E-state index is 0.00247. The fourth-order valence-corrected chi connectivity index (χ4v) is 20.2. The summed E-state index contributed by atoms with van der Waals surface area (Å²) in [6.07, 6.45) is 15.8. The third kappa shape index (κ3) is 13.4. The van der Waals surface area contributed by atoms with Crippen LogP contribution >= 0.6 is 43.2 Å². The quantitative estimate of drug-likeness (QED) is 0.0467. The lowest BCUT2D eigenvalue weighted by Crippen LogP contribution is -2.37. The van der Waals surface area contributed by atoms with Gasteiger partial charge >= 0.3 is 0 Å². The summed E-state index contributed by atoms with van der Waals surface area (Å²) in [6, 6.07) is 25.2. The van der Waals surface area contributed by atoms with Crippen LogP contribution in [-0.2, 0) is 36.2 Å². The van der Waals surface area contributed by atoms with Crippen molar-refractivity contribution in [1.29, 1.82) is 0 Å². The number of hydrogen-bond donors (Lipinski definition) is 8. The van der Waals surface area contributed by atoms with E-state index in [9.17, 15) is 35.1 Å². The standard InChI is InChI=1S/C67H79N3O8S4/c68-65(69)55-30-46-9-5-11-59-53(20-24-70-59)63(76)33-56-54(46)31-49(55)37-79-81-38-50-34-66(23-19-51(72)15-12-41-14-17-61(74)64(27-41)78-25-21-42-13-16-60(73)57(56)26-42)22-18-44(32-62(75)43-6-1-2-7-43)47-28-45-8-3-4-10-52(45)58(35-71)48(29-47)36-80-82-40-67(50,77)39-66/h3-4,8,10,13-14,16-17,19-20,23-24,26-27,30-31,43-44,47-48,50,56,58,62,65,70-71,73-75,77H,1-2,6-7,11-12,15,18,21-22,25,28-29,32-40,68-69H2. The number of H-pyrrole nitrogens is 1. The molecule has 11 bridgehead atoms. The second-order valence-corrected chi connectivity index (χ2v) is 29.5. The number of nitrogens with two attached hydrogens (primary N) is 2. The number of carbonyl (C=O) groups is 2. The van der Waals surface area contributed by atoms with Crippen LogP contribution in [-0.4, -0.2) is 84.3 Å². The first-order valence-electron chi connectivity index (χ1n) is 29.7. The molecule has 0 radical (unpaired) electrons. The molecular formula is C67H79N3O8S4. The number of phenolic OH excluding ortho intramolecular Hbond substituents is 2. The molecule has 4 aromatic carbocycles. The molecule has 3 fully saturated rings. The third-order valence-corrected chi connectivity index (χ3v) is 24.3. The van der Waals surface area contributed by atoms with E-state index in [1.807, 2.05) is 35.1 Å². The van der Waals surface area contributed by atoms with Gasteiger partial charge in [-0.1, -0.05) is 122 Å². The Bertz CT molecular complexity index is 3200. The van der Waals surface area contributed by atoms with Gasteiger partial charge in [0.2, 0.25) is 0 Å². The minimum atomic E-state index is -1.06. The maximum absolute atomic E-state index is 14.4. The van der Waals surface area contributed by atoms with Gasteiger partial charge in [-0.2, -0.15) is 0 Å². The van der Waals surface area contributed by atoms with Crippen LogP contribution in [0.4, 0.5) is 0 Å². The molecule has 2 aliphatic heterocycles. The molecule has 1 spiro atoms. The van der Waals surface area contributed by atoms with Crippen molar-refractivity contribution in [3.05, 3.63) is 159 Å². The highest BCUT2D eigenvalue weighted by molar-refractivity contribution is 8.77. The number of aromatic nitrogens is 1. The molecule has 10 N–H and O–H groups in total. The number of aliphatic hydroxyl groups is 3. The Hall–Kier alpha value is -4.60. The Labute approximate surface area is 499 Å². The minimum Gasteiger partial charge on any atom is -0.508 e. The Balaban J connectivity index is 0.961. The number of ether oxygens (including phenoxy) is 1. The van der Waals surface area contributed by atoms with E-state index < -0.39 is 29.2 Å². The normalized spacial score (nSPS) is 28.0. The van der Waals surface area contributed by atoms with Gasteiger partial charge in [-0.15, -0.1) is 0 Å². The Kier molecular flexibility index (Phi) is 19.0. The molecule has 1 aromatic heterocycles. The molecule has 11 nitrogen and oxygen atoms in total. The number of rotatable bonds is 5. The predicted octanol–water partition coefficient (Wildman–Crippen LogP) is 12.0. The number of fused-ring (bicyclic) bond motifs is 13. The van der Waals surface area contributed by atoms with Crippen molar-refractivity contribution in [1.82, 2.24) is 4.98 Å². The first-order chi connectivity index (χ1) is 39.7. The average molecular weight is 1180 g/mol. The molecule has 9 unspecified atom stereocenters. The summed E-state index contributed by atoms with van der Waals surface area (Å²) in [4.78, 5) is 31.9. The van der Waals surface area contributed by atoms with Gasteiger partial charge in [-0.05, 0) is 175 Å². The largest absolute Gasteiger partial charge is 0.508 e. The number of aromatic hydroxyl groups is 2. The summed E-state index contributed by atoms with van der Waals surface area (Å²) >= 11 is 0. The van der Waals surface area contributed by atoms with E-state index >= 15 is 0 Å². The molecule has 4 aliphatic carbocycles. The van der Waals surface area contributed by atoms with Crippen molar-refractivity contribution in [2.24, 2.45) is 46.5 Å². The predicted molar refractivity (Wildman–Crippen MR) is 333 cm³/mol. The lowest BCUT2D eigenvalue weighted by Gasteiger charge is -2.35. The second-order valence-electron chi connectivity index (χ2n) is 24.5. The lowest BCUT2D eigenvalue weighted by molar-refractivity contribution is -0.114. The summed E-state index contributed by atoms with van der Waals surface area (Å²) < 4.78 is 6.26. The van der Waals surface area contributed by atoms with Gasteiger partial charge in [-0.3, -0.25) is 9.59 Å². The molecule has 2 saturated carbocycles. The molecular weight excluding hydrogens is 1100 g/mol. The highest BCUT2D eigenvalue weighted by Crippen LogP contribution is 2.57. The van der Waals surface area contributed by atoms with Crippen molar-refractivity contribution in [3.63, 3.8) is 0 Å². The second kappa shape index (κ2) is 26.3. The van der Waals surface area contributed by atoms with Crippen molar-refractivity contribution in [3.8, 4) is 29.1 Å². The fourth-order valence-electron chi connectivity index (χ4n) is 14.7. The smallest absolute Gasteiger partial charge is 0.165 e. The Morgan fingerprint density at radius 3 is 2.45 bits per heavy atom. The van der Waals surface area contributed by atoms with Gasteiger partial charge in [0, 0.05) is 82.7 Å². The molecule has 434 valence electrons. The number of carbonyl (C=O) groups excluding carboxylic acids is 2. The lowest BCUT2D eigenvalue weighted by atomic mass is 9.71. The molecule has 9 atom stereocenters.